The van der Waals surface area contributed by atoms with E-state index in [4.69, 9.17) is 11.5 Å². The molecule has 13 atom stereocenters. The van der Waals surface area contributed by atoms with Crippen LogP contribution in [0, 0.1) is 17.8 Å². The van der Waals surface area contributed by atoms with E-state index < -0.39 is 207 Å². The van der Waals surface area contributed by atoms with Crippen molar-refractivity contribution in [1.29, 1.82) is 0 Å². The maximum absolute atomic E-state index is 14.4. The van der Waals surface area contributed by atoms with Crippen LogP contribution < -0.4 is 64.6 Å². The van der Waals surface area contributed by atoms with Gasteiger partial charge in [-0.2, -0.15) is 0 Å². The third-order valence-corrected chi connectivity index (χ3v) is 14.6. The predicted octanol–water partition coefficient (Wildman–Crippen LogP) is -7.59. The number of nitrogens with one attached hydrogen (secondary N) is 11. The van der Waals surface area contributed by atoms with Gasteiger partial charge in [0.05, 0.1) is 45.4 Å². The Labute approximate surface area is 528 Å². The fraction of sp³-hybridized carbons (Fsp3) is 0.614. The second kappa shape index (κ2) is 36.8. The number of fused-ring (bicyclic) bond motifs is 1. The third-order valence-electron chi connectivity index (χ3n) is 14.6. The first-order valence-corrected chi connectivity index (χ1v) is 29.7. The van der Waals surface area contributed by atoms with Crippen molar-refractivity contribution in [2.45, 2.75) is 172 Å². The molecule has 1 aromatic carbocycles. The highest BCUT2D eigenvalue weighted by molar-refractivity contribution is 6.01. The van der Waals surface area contributed by atoms with E-state index in [2.05, 4.69) is 52.8 Å². The van der Waals surface area contributed by atoms with Crippen molar-refractivity contribution in [2.75, 3.05) is 33.0 Å². The number of benzene rings is 1. The summed E-state index contributed by atoms with van der Waals surface area (Å²) in [6, 6.07) is -13.1. The summed E-state index contributed by atoms with van der Waals surface area (Å²) in [5.41, 5.74) is 12.0. The minimum absolute atomic E-state index is 0.0142. The molecule has 0 unspecified atom stereocenters. The standard InChI is InChI=1S/C57H88N14O21/c1-25(2)15-33(47(81)61-34(16-26(3)4)48(82)67-39(23-74)52(86)69-44(27(5)6)55(89)68-40(24-75)53(87)70-45(28(7)76)57(91)92)62-51(85)38(22-73)66-50(84)36(19-43(78)79)63-49(83)35(17-29-20-60-32-12-9-8-11-30(29)32)64-54(88)41-13-10-14-71(41)56(90)37(18-42(59)77)65-46(80)31(58)21-72/h8-9,11-12,20,25-28,31,33-41,44-45,60,72-76H,10,13-19,21-24,58H2,1-7H3,(H2,59,77)(H,61,81)(H,62,85)(H,63,83)(H,64,88)(H,65,80)(H,66,84)(H,67,82)(H,68,89)(H,69,86)(H,70,87)(H,78,79)(H,91,92)/t28-,31+,33+,34+,35+,36+,37+,38+,39+,40+,41+,44+,45+/m1/s1. The van der Waals surface area contributed by atoms with Crippen LogP contribution in [0.1, 0.15) is 92.6 Å². The highest BCUT2D eigenvalue weighted by atomic mass is 16.4. The topological polar surface area (TPSA) is 572 Å². The fourth-order valence-electron chi connectivity index (χ4n) is 9.69. The van der Waals surface area contributed by atoms with Crippen molar-refractivity contribution in [3.8, 4) is 0 Å². The lowest BCUT2D eigenvalue weighted by atomic mass is 9.99. The number of hydrogen-bond acceptors (Lipinski definition) is 20. The summed E-state index contributed by atoms with van der Waals surface area (Å²) < 4.78 is 0. The average Bonchev–Trinajstić information content (AvgIpc) is 1.63. The lowest BCUT2D eigenvalue weighted by molar-refractivity contribution is -0.145. The zero-order chi connectivity index (χ0) is 69.4. The molecule has 1 saturated heterocycles. The number of nitrogens with zero attached hydrogens (tertiary/aromatic N) is 1. The van der Waals surface area contributed by atoms with Crippen LogP contribution in [0.25, 0.3) is 10.9 Å². The number of nitrogens with two attached hydrogens (primary N) is 2. The van der Waals surface area contributed by atoms with Gasteiger partial charge in [-0.15, -0.1) is 0 Å². The SMILES string of the molecule is CC(C)C[C@H](NC(=O)[C@H](CO)NC(=O)[C@H](CC(=O)O)NC(=O)[C@H](Cc1c[nH]c2ccccc12)NC(=O)[C@@H]1CCCN1C(=O)[C@H](CC(N)=O)NC(=O)[C@@H](N)CO)C(=O)N[C@@H](CC(C)C)C(=O)N[C@@H](CO)C(=O)N[C@H](C(=O)N[C@@H](CO)C(=O)N[C@H](C(=O)O)[C@@H](C)O)C(C)C. The molecule has 12 amide bonds. The predicted molar refractivity (Wildman–Crippen MR) is 321 cm³/mol. The van der Waals surface area contributed by atoms with Crippen LogP contribution in [0.2, 0.25) is 0 Å². The number of aliphatic hydroxyl groups excluding tert-OH is 5. The number of carbonyl (C=O) groups is 14. The van der Waals surface area contributed by atoms with Crippen molar-refractivity contribution in [3.63, 3.8) is 0 Å². The van der Waals surface area contributed by atoms with Gasteiger partial charge in [-0.1, -0.05) is 59.7 Å². The Hall–Kier alpha value is -8.90. The minimum atomic E-state index is -2.03. The van der Waals surface area contributed by atoms with E-state index in [1.54, 1.807) is 52.0 Å². The van der Waals surface area contributed by atoms with Crippen molar-refractivity contribution < 1.29 is 103 Å². The summed E-state index contributed by atoms with van der Waals surface area (Å²) in [6.45, 7) is 6.53. The molecule has 3 rings (SSSR count). The molecule has 2 aromatic rings. The van der Waals surface area contributed by atoms with Gasteiger partial charge in [-0.3, -0.25) is 62.3 Å². The Balaban J connectivity index is 1.85. The number of hydrogen-bond donors (Lipinski definition) is 20. The van der Waals surface area contributed by atoms with Gasteiger partial charge in [-0.25, -0.2) is 4.79 Å². The number of likely N-dealkylation sites (tertiary alicyclic amines) is 1. The van der Waals surface area contributed by atoms with Gasteiger partial charge in [-0.05, 0) is 62.0 Å². The van der Waals surface area contributed by atoms with Gasteiger partial charge in [0.15, 0.2) is 6.04 Å². The lowest BCUT2D eigenvalue weighted by Gasteiger charge is -2.30. The quantitative estimate of drug-likeness (QED) is 0.0297. The first-order valence-electron chi connectivity index (χ1n) is 29.7. The molecule has 1 fully saturated rings. The molecule has 0 radical (unpaired) electrons. The van der Waals surface area contributed by atoms with E-state index >= 15 is 0 Å². The number of primary amides is 1. The van der Waals surface area contributed by atoms with Crippen molar-refractivity contribution in [2.24, 2.45) is 29.2 Å². The molecule has 92 heavy (non-hydrogen) atoms. The number of carboxylic acid groups (broad SMARTS) is 2. The average molecular weight is 1310 g/mol. The monoisotopic (exact) mass is 1300 g/mol. The third kappa shape index (κ3) is 23.4. The fourth-order valence-corrected chi connectivity index (χ4v) is 9.69. The normalized spacial score (nSPS) is 17.0. The molecule has 35 nitrogen and oxygen atoms in total. The van der Waals surface area contributed by atoms with Crippen LogP contribution in [0.3, 0.4) is 0 Å². The smallest absolute Gasteiger partial charge is 0.328 e. The molecule has 0 saturated carbocycles. The summed E-state index contributed by atoms with van der Waals surface area (Å²) in [4.78, 5) is 191. The number of H-pyrrole nitrogens is 1. The van der Waals surface area contributed by atoms with Crippen LogP contribution in [-0.4, -0.2) is 240 Å². The van der Waals surface area contributed by atoms with Crippen molar-refractivity contribution >= 4 is 93.7 Å². The van der Waals surface area contributed by atoms with Gasteiger partial charge < -0.3 is 110 Å². The van der Waals surface area contributed by atoms with Gasteiger partial charge in [0.25, 0.3) is 0 Å². The Morgan fingerprint density at radius 2 is 0.989 bits per heavy atom. The Kier molecular flexibility index (Phi) is 31.0. The molecule has 1 aliphatic heterocycles. The molecular formula is C57H88N14O21. The Morgan fingerprint density at radius 3 is 1.46 bits per heavy atom. The first kappa shape index (κ1) is 77.3. The molecule has 1 aromatic heterocycles. The number of para-hydroxylation sites is 1. The zero-order valence-electron chi connectivity index (χ0n) is 52.1. The summed E-state index contributed by atoms with van der Waals surface area (Å²) >= 11 is 0. The van der Waals surface area contributed by atoms with E-state index in [1.165, 1.54) is 20.0 Å². The highest BCUT2D eigenvalue weighted by Crippen LogP contribution is 2.23. The highest BCUT2D eigenvalue weighted by Gasteiger charge is 2.42. The molecule has 22 N–H and O–H groups in total. The van der Waals surface area contributed by atoms with Crippen LogP contribution in [0.5, 0.6) is 0 Å². The first-order chi connectivity index (χ1) is 43.2. The van der Waals surface area contributed by atoms with Crippen molar-refractivity contribution in [3.05, 3.63) is 36.0 Å². The Morgan fingerprint density at radius 1 is 0.543 bits per heavy atom. The second-order valence-electron chi connectivity index (χ2n) is 23.4. The lowest BCUT2D eigenvalue weighted by Crippen LogP contribution is -2.62. The Bertz CT molecular complexity index is 2960. The number of aromatic amines is 1. The van der Waals surface area contributed by atoms with Crippen LogP contribution in [0.4, 0.5) is 0 Å². The molecule has 0 bridgehead atoms. The molecular weight excluding hydrogens is 1220 g/mol. The zero-order valence-corrected chi connectivity index (χ0v) is 52.1. The maximum atomic E-state index is 14.4. The minimum Gasteiger partial charge on any atom is -0.481 e. The molecule has 1 aliphatic rings. The molecule has 0 spiro atoms. The van der Waals surface area contributed by atoms with Crippen LogP contribution in [0.15, 0.2) is 30.5 Å². The van der Waals surface area contributed by atoms with Gasteiger partial charge >= 0.3 is 11.9 Å². The number of carboxylic acids is 2. The van der Waals surface area contributed by atoms with E-state index in [9.17, 15) is 103 Å². The number of carbonyl (C=O) groups excluding carboxylic acids is 12. The van der Waals surface area contributed by atoms with Crippen LogP contribution in [-0.2, 0) is 73.5 Å². The number of aliphatic carboxylic acids is 2. The van der Waals surface area contributed by atoms with Gasteiger partial charge in [0, 0.05) is 30.1 Å². The number of aliphatic hydroxyl groups is 5. The summed E-state index contributed by atoms with van der Waals surface area (Å²) in [5, 5.41) is 92.7. The second-order valence-corrected chi connectivity index (χ2v) is 23.4. The summed E-state index contributed by atoms with van der Waals surface area (Å²) in [7, 11) is 0. The molecule has 35 heteroatoms. The van der Waals surface area contributed by atoms with E-state index in [-0.39, 0.29) is 50.5 Å². The van der Waals surface area contributed by atoms with E-state index in [0.717, 1.165) is 11.8 Å². The van der Waals surface area contributed by atoms with Gasteiger partial charge in [0.2, 0.25) is 70.9 Å². The summed E-state index contributed by atoms with van der Waals surface area (Å²) in [6.07, 6.45) is -2.23. The molecule has 512 valence electrons. The number of rotatable bonds is 38. The van der Waals surface area contributed by atoms with E-state index in [1.807, 2.05) is 5.32 Å². The maximum Gasteiger partial charge on any atom is 0.328 e. The van der Waals surface area contributed by atoms with Crippen molar-refractivity contribution in [1.82, 2.24) is 63.1 Å². The van der Waals surface area contributed by atoms with Crippen LogP contribution >= 0.6 is 0 Å². The number of aromatic nitrogens is 1. The summed E-state index contributed by atoms with van der Waals surface area (Å²) in [5.74, 6) is -17.7. The number of amides is 12. The molecule has 0 aliphatic carbocycles. The largest absolute Gasteiger partial charge is 0.481 e. The van der Waals surface area contributed by atoms with E-state index in [0.29, 0.717) is 16.5 Å². The van der Waals surface area contributed by atoms with Gasteiger partial charge in [0.1, 0.15) is 66.5 Å². The molecule has 2 heterocycles.